The summed E-state index contributed by atoms with van der Waals surface area (Å²) in [6.45, 7) is 4.31. The van der Waals surface area contributed by atoms with Gasteiger partial charge in [0.2, 0.25) is 0 Å². The fourth-order valence-corrected chi connectivity index (χ4v) is 1.98. The van der Waals surface area contributed by atoms with Gasteiger partial charge in [-0.05, 0) is 37.8 Å². The summed E-state index contributed by atoms with van der Waals surface area (Å²) in [6, 6.07) is 8.51. The van der Waals surface area contributed by atoms with Crippen molar-refractivity contribution in [2.24, 2.45) is 0 Å². The van der Waals surface area contributed by atoms with Crippen LogP contribution in [-0.4, -0.2) is 6.10 Å². The van der Waals surface area contributed by atoms with Crippen LogP contribution in [0.1, 0.15) is 37.0 Å². The molecule has 0 spiro atoms. The quantitative estimate of drug-likeness (QED) is 0.638. The first kappa shape index (κ1) is 8.76. The third-order valence-corrected chi connectivity index (χ3v) is 2.77. The molecule has 13 heavy (non-hydrogen) atoms. The number of hydrogen-bond donors (Lipinski definition) is 0. The van der Waals surface area contributed by atoms with Crippen LogP contribution >= 0.6 is 0 Å². The molecule has 70 valence electrons. The molecule has 0 saturated carbocycles. The maximum atomic E-state index is 5.83. The molecule has 1 aliphatic rings. The van der Waals surface area contributed by atoms with E-state index in [2.05, 4.69) is 38.1 Å². The van der Waals surface area contributed by atoms with Gasteiger partial charge in [-0.1, -0.05) is 24.3 Å². The van der Waals surface area contributed by atoms with Crippen LogP contribution in [0.4, 0.5) is 0 Å². The Morgan fingerprint density at radius 1 is 1.23 bits per heavy atom. The molecule has 1 fully saturated rings. The topological polar surface area (TPSA) is 9.23 Å². The standard InChI is InChI=1S/C12H16O/c1-9-5-3-4-6-11(9)12-8-7-10(2)13-12/h3-6,10,12H,7-8H2,1-2H3/t10-,12+/m1/s1. The maximum Gasteiger partial charge on any atom is 0.0832 e. The highest BCUT2D eigenvalue weighted by atomic mass is 16.5. The molecular formula is C12H16O. The zero-order chi connectivity index (χ0) is 9.26. The predicted molar refractivity (Wildman–Crippen MR) is 53.7 cm³/mol. The van der Waals surface area contributed by atoms with Crippen LogP contribution < -0.4 is 0 Å². The molecule has 0 unspecified atom stereocenters. The first-order chi connectivity index (χ1) is 6.27. The van der Waals surface area contributed by atoms with Crippen molar-refractivity contribution in [2.75, 3.05) is 0 Å². The molecule has 0 aliphatic carbocycles. The van der Waals surface area contributed by atoms with E-state index in [1.54, 1.807) is 0 Å². The largest absolute Gasteiger partial charge is 0.371 e. The Morgan fingerprint density at radius 3 is 2.62 bits per heavy atom. The lowest BCUT2D eigenvalue weighted by atomic mass is 10.0. The van der Waals surface area contributed by atoms with Gasteiger partial charge in [0.05, 0.1) is 12.2 Å². The van der Waals surface area contributed by atoms with Gasteiger partial charge in [0.1, 0.15) is 0 Å². The first-order valence-electron chi connectivity index (χ1n) is 4.98. The third-order valence-electron chi connectivity index (χ3n) is 2.77. The predicted octanol–water partition coefficient (Wildman–Crippen LogP) is 3.24. The summed E-state index contributed by atoms with van der Waals surface area (Å²) in [5.41, 5.74) is 2.72. The fraction of sp³-hybridized carbons (Fsp3) is 0.500. The molecule has 0 bridgehead atoms. The van der Waals surface area contributed by atoms with Gasteiger partial charge in [-0.3, -0.25) is 0 Å². The average molecular weight is 176 g/mol. The smallest absolute Gasteiger partial charge is 0.0832 e. The summed E-state index contributed by atoms with van der Waals surface area (Å²) in [4.78, 5) is 0. The van der Waals surface area contributed by atoms with E-state index in [-0.39, 0.29) is 0 Å². The van der Waals surface area contributed by atoms with Crippen molar-refractivity contribution in [3.05, 3.63) is 35.4 Å². The molecule has 0 N–H and O–H groups in total. The molecule has 1 nitrogen and oxygen atoms in total. The normalized spacial score (nSPS) is 27.8. The van der Waals surface area contributed by atoms with Crippen molar-refractivity contribution in [2.45, 2.75) is 38.9 Å². The molecule has 0 radical (unpaired) electrons. The van der Waals surface area contributed by atoms with Gasteiger partial charge < -0.3 is 4.74 Å². The van der Waals surface area contributed by atoms with E-state index in [0.717, 1.165) is 0 Å². The Labute approximate surface area is 79.7 Å². The van der Waals surface area contributed by atoms with Gasteiger partial charge in [-0.25, -0.2) is 0 Å². The minimum absolute atomic E-state index is 0.344. The van der Waals surface area contributed by atoms with E-state index in [4.69, 9.17) is 4.74 Å². The summed E-state index contributed by atoms with van der Waals surface area (Å²) in [6.07, 6.45) is 3.14. The van der Waals surface area contributed by atoms with Crippen molar-refractivity contribution >= 4 is 0 Å². The molecule has 1 aromatic rings. The summed E-state index contributed by atoms with van der Waals surface area (Å²) in [7, 11) is 0. The number of aryl methyl sites for hydroxylation is 1. The number of benzene rings is 1. The second-order valence-electron chi connectivity index (χ2n) is 3.87. The van der Waals surface area contributed by atoms with Gasteiger partial charge in [0, 0.05) is 0 Å². The van der Waals surface area contributed by atoms with Gasteiger partial charge in [-0.15, -0.1) is 0 Å². The highest BCUT2D eigenvalue weighted by molar-refractivity contribution is 5.28. The molecule has 1 aromatic carbocycles. The Bertz CT molecular complexity index is 293. The lowest BCUT2D eigenvalue weighted by molar-refractivity contribution is 0.0552. The van der Waals surface area contributed by atoms with Crippen molar-refractivity contribution < 1.29 is 4.74 Å². The maximum absolute atomic E-state index is 5.83. The van der Waals surface area contributed by atoms with Crippen molar-refractivity contribution in [3.63, 3.8) is 0 Å². The van der Waals surface area contributed by atoms with Crippen molar-refractivity contribution in [1.82, 2.24) is 0 Å². The summed E-state index contributed by atoms with van der Waals surface area (Å²) in [5.74, 6) is 0. The van der Waals surface area contributed by atoms with E-state index < -0.39 is 0 Å². The molecule has 2 rings (SSSR count). The van der Waals surface area contributed by atoms with Crippen LogP contribution in [0.3, 0.4) is 0 Å². The van der Waals surface area contributed by atoms with Crippen LogP contribution in [0, 0.1) is 6.92 Å². The summed E-state index contributed by atoms with van der Waals surface area (Å²) >= 11 is 0. The summed E-state index contributed by atoms with van der Waals surface area (Å²) in [5, 5.41) is 0. The molecule has 1 heteroatoms. The van der Waals surface area contributed by atoms with E-state index in [0.29, 0.717) is 12.2 Å². The molecule has 2 atom stereocenters. The zero-order valence-electron chi connectivity index (χ0n) is 8.29. The van der Waals surface area contributed by atoms with Gasteiger partial charge in [-0.2, -0.15) is 0 Å². The number of ether oxygens (including phenoxy) is 1. The zero-order valence-corrected chi connectivity index (χ0v) is 8.29. The van der Waals surface area contributed by atoms with E-state index in [1.807, 2.05) is 0 Å². The lowest BCUT2D eigenvalue weighted by Crippen LogP contribution is -2.02. The fourth-order valence-electron chi connectivity index (χ4n) is 1.98. The highest BCUT2D eigenvalue weighted by Crippen LogP contribution is 2.33. The number of hydrogen-bond acceptors (Lipinski definition) is 1. The highest BCUT2D eigenvalue weighted by Gasteiger charge is 2.23. The SMILES string of the molecule is Cc1ccccc1[C@@H]1CC[C@@H](C)O1. The Morgan fingerprint density at radius 2 is 2.00 bits per heavy atom. The minimum Gasteiger partial charge on any atom is -0.371 e. The van der Waals surface area contributed by atoms with Gasteiger partial charge >= 0.3 is 0 Å². The van der Waals surface area contributed by atoms with Crippen LogP contribution in [-0.2, 0) is 4.74 Å². The van der Waals surface area contributed by atoms with Crippen molar-refractivity contribution in [1.29, 1.82) is 0 Å². The Hall–Kier alpha value is -0.820. The monoisotopic (exact) mass is 176 g/mol. The second-order valence-corrected chi connectivity index (χ2v) is 3.87. The number of rotatable bonds is 1. The lowest BCUT2D eigenvalue weighted by Gasteiger charge is -2.13. The molecule has 0 aromatic heterocycles. The Kier molecular flexibility index (Phi) is 2.36. The van der Waals surface area contributed by atoms with Crippen LogP contribution in [0.15, 0.2) is 24.3 Å². The van der Waals surface area contributed by atoms with Gasteiger partial charge in [0.15, 0.2) is 0 Å². The molecule has 1 saturated heterocycles. The van der Waals surface area contributed by atoms with Crippen LogP contribution in [0.25, 0.3) is 0 Å². The molecule has 0 amide bonds. The molecular weight excluding hydrogens is 160 g/mol. The van der Waals surface area contributed by atoms with Gasteiger partial charge in [0.25, 0.3) is 0 Å². The van der Waals surface area contributed by atoms with Crippen LogP contribution in [0.2, 0.25) is 0 Å². The van der Waals surface area contributed by atoms with Crippen molar-refractivity contribution in [3.8, 4) is 0 Å². The minimum atomic E-state index is 0.344. The van der Waals surface area contributed by atoms with E-state index in [9.17, 15) is 0 Å². The Balaban J connectivity index is 2.21. The van der Waals surface area contributed by atoms with E-state index >= 15 is 0 Å². The van der Waals surface area contributed by atoms with E-state index in [1.165, 1.54) is 24.0 Å². The average Bonchev–Trinajstić information content (AvgIpc) is 2.53. The third kappa shape index (κ3) is 1.75. The molecule has 1 aliphatic heterocycles. The second kappa shape index (κ2) is 3.51. The summed E-state index contributed by atoms with van der Waals surface area (Å²) < 4.78 is 5.83. The molecule has 1 heterocycles. The van der Waals surface area contributed by atoms with Crippen LogP contribution in [0.5, 0.6) is 0 Å². The first-order valence-corrected chi connectivity index (χ1v) is 4.98.